The molecule has 3 rings (SSSR count). The largest absolute Gasteiger partial charge is 0.454 e. The Balaban J connectivity index is 2.26. The van der Waals surface area contributed by atoms with Gasteiger partial charge in [-0.05, 0) is 12.1 Å². The highest BCUT2D eigenvalue weighted by Gasteiger charge is 2.14. The minimum absolute atomic E-state index is 0.121. The molecule has 0 atom stereocenters. The number of rotatable bonds is 2. The van der Waals surface area contributed by atoms with Crippen LogP contribution in [0, 0.1) is 0 Å². The Morgan fingerprint density at radius 1 is 1.22 bits per heavy atom. The standard InChI is InChI=1S/C13H7ClN2O2/c14-13-9(6-17)12(15-7-16-13)11-5-8-3-1-2-4-10(8)18-11/h1-7H. The molecule has 0 fully saturated rings. The summed E-state index contributed by atoms with van der Waals surface area (Å²) in [6.07, 6.45) is 1.93. The van der Waals surface area contributed by atoms with E-state index in [-0.39, 0.29) is 10.7 Å². The summed E-state index contributed by atoms with van der Waals surface area (Å²) in [6, 6.07) is 9.38. The number of hydrogen-bond acceptors (Lipinski definition) is 4. The number of carbonyl (C=O) groups excluding carboxylic acids is 1. The first-order valence-corrected chi connectivity index (χ1v) is 5.62. The molecule has 0 bridgehead atoms. The summed E-state index contributed by atoms with van der Waals surface area (Å²) >= 11 is 5.85. The van der Waals surface area contributed by atoms with Gasteiger partial charge in [0.15, 0.2) is 12.0 Å². The van der Waals surface area contributed by atoms with Crippen LogP contribution >= 0.6 is 11.6 Å². The van der Waals surface area contributed by atoms with Gasteiger partial charge in [0.1, 0.15) is 22.8 Å². The molecule has 0 saturated heterocycles. The maximum absolute atomic E-state index is 11.0. The van der Waals surface area contributed by atoms with Crippen LogP contribution in [0.5, 0.6) is 0 Å². The van der Waals surface area contributed by atoms with Gasteiger partial charge in [0.05, 0.1) is 5.56 Å². The Labute approximate surface area is 107 Å². The molecule has 18 heavy (non-hydrogen) atoms. The third-order valence-electron chi connectivity index (χ3n) is 2.61. The van der Waals surface area contributed by atoms with Crippen LogP contribution in [0.2, 0.25) is 5.15 Å². The van der Waals surface area contributed by atoms with Gasteiger partial charge in [-0.15, -0.1) is 0 Å². The predicted molar refractivity (Wildman–Crippen MR) is 67.6 cm³/mol. The lowest BCUT2D eigenvalue weighted by Gasteiger charge is -2.00. The number of benzene rings is 1. The second kappa shape index (κ2) is 4.23. The SMILES string of the molecule is O=Cc1c(Cl)ncnc1-c1cc2ccccc2o1. The van der Waals surface area contributed by atoms with E-state index in [1.165, 1.54) is 6.33 Å². The summed E-state index contributed by atoms with van der Waals surface area (Å²) in [5.74, 6) is 0.502. The van der Waals surface area contributed by atoms with Crippen molar-refractivity contribution in [3.63, 3.8) is 0 Å². The van der Waals surface area contributed by atoms with Gasteiger partial charge in [0, 0.05) is 5.39 Å². The second-order valence-electron chi connectivity index (χ2n) is 3.69. The van der Waals surface area contributed by atoms with Gasteiger partial charge >= 0.3 is 0 Å². The smallest absolute Gasteiger partial charge is 0.155 e. The van der Waals surface area contributed by atoms with E-state index in [1.54, 1.807) is 0 Å². The number of para-hydroxylation sites is 1. The third-order valence-corrected chi connectivity index (χ3v) is 2.91. The fraction of sp³-hybridized carbons (Fsp3) is 0. The summed E-state index contributed by atoms with van der Waals surface area (Å²) < 4.78 is 5.64. The highest BCUT2D eigenvalue weighted by atomic mass is 35.5. The van der Waals surface area contributed by atoms with E-state index in [9.17, 15) is 4.79 Å². The summed E-state index contributed by atoms with van der Waals surface area (Å²) in [7, 11) is 0. The van der Waals surface area contributed by atoms with Crippen molar-refractivity contribution in [3.05, 3.63) is 47.4 Å². The van der Waals surface area contributed by atoms with E-state index < -0.39 is 0 Å². The zero-order valence-electron chi connectivity index (χ0n) is 9.13. The molecular weight excluding hydrogens is 252 g/mol. The van der Waals surface area contributed by atoms with Crippen molar-refractivity contribution < 1.29 is 9.21 Å². The normalized spacial score (nSPS) is 10.7. The van der Waals surface area contributed by atoms with Crippen LogP contribution in [0.4, 0.5) is 0 Å². The van der Waals surface area contributed by atoms with Gasteiger partial charge < -0.3 is 4.42 Å². The van der Waals surface area contributed by atoms with E-state index in [1.807, 2.05) is 30.3 Å². The third kappa shape index (κ3) is 1.67. The molecule has 0 N–H and O–H groups in total. The minimum Gasteiger partial charge on any atom is -0.454 e. The topological polar surface area (TPSA) is 56.0 Å². The molecule has 2 heterocycles. The number of nitrogens with zero attached hydrogens (tertiary/aromatic N) is 2. The van der Waals surface area contributed by atoms with Gasteiger partial charge in [0.2, 0.25) is 0 Å². The van der Waals surface area contributed by atoms with Crippen LogP contribution in [-0.2, 0) is 0 Å². The Bertz CT molecular complexity index is 704. The Morgan fingerprint density at radius 2 is 2.06 bits per heavy atom. The molecule has 0 radical (unpaired) electrons. The van der Waals surface area contributed by atoms with Crippen molar-refractivity contribution in [1.82, 2.24) is 9.97 Å². The van der Waals surface area contributed by atoms with Crippen molar-refractivity contribution in [3.8, 4) is 11.5 Å². The Kier molecular flexibility index (Phi) is 2.57. The van der Waals surface area contributed by atoms with E-state index in [0.717, 1.165) is 11.0 Å². The van der Waals surface area contributed by atoms with Crippen molar-refractivity contribution in [2.75, 3.05) is 0 Å². The molecule has 0 spiro atoms. The molecule has 0 aliphatic carbocycles. The van der Waals surface area contributed by atoms with Crippen LogP contribution in [0.1, 0.15) is 10.4 Å². The van der Waals surface area contributed by atoms with Crippen molar-refractivity contribution in [2.45, 2.75) is 0 Å². The fourth-order valence-electron chi connectivity index (χ4n) is 1.77. The molecule has 88 valence electrons. The van der Waals surface area contributed by atoms with Gasteiger partial charge in [0.25, 0.3) is 0 Å². The molecule has 3 aromatic rings. The Hall–Kier alpha value is -2.20. The van der Waals surface area contributed by atoms with Crippen molar-refractivity contribution in [1.29, 1.82) is 0 Å². The number of halogens is 1. The first kappa shape index (κ1) is 10.9. The van der Waals surface area contributed by atoms with Crippen LogP contribution in [-0.4, -0.2) is 16.3 Å². The molecule has 0 aliphatic heterocycles. The molecule has 2 aromatic heterocycles. The lowest BCUT2D eigenvalue weighted by Crippen LogP contribution is -1.94. The molecule has 5 heteroatoms. The summed E-state index contributed by atoms with van der Waals surface area (Å²) in [5.41, 5.74) is 1.37. The molecule has 0 aliphatic rings. The van der Waals surface area contributed by atoms with E-state index in [0.29, 0.717) is 17.7 Å². The maximum Gasteiger partial charge on any atom is 0.155 e. The first-order chi connectivity index (χ1) is 8.79. The van der Waals surface area contributed by atoms with E-state index >= 15 is 0 Å². The summed E-state index contributed by atoms with van der Waals surface area (Å²) in [4.78, 5) is 18.9. The zero-order chi connectivity index (χ0) is 12.5. The number of fused-ring (bicyclic) bond motifs is 1. The zero-order valence-corrected chi connectivity index (χ0v) is 9.89. The number of aldehydes is 1. The first-order valence-electron chi connectivity index (χ1n) is 5.24. The minimum atomic E-state index is 0.121. The molecule has 0 saturated carbocycles. The van der Waals surface area contributed by atoms with Gasteiger partial charge in [-0.25, -0.2) is 9.97 Å². The monoisotopic (exact) mass is 258 g/mol. The maximum atomic E-state index is 11.0. The molecule has 1 aromatic carbocycles. The van der Waals surface area contributed by atoms with E-state index in [4.69, 9.17) is 16.0 Å². The average molecular weight is 259 g/mol. The lowest BCUT2D eigenvalue weighted by atomic mass is 10.2. The Morgan fingerprint density at radius 3 is 2.83 bits per heavy atom. The second-order valence-corrected chi connectivity index (χ2v) is 4.05. The quantitative estimate of drug-likeness (QED) is 0.522. The van der Waals surface area contributed by atoms with Crippen LogP contribution < -0.4 is 0 Å². The van der Waals surface area contributed by atoms with E-state index in [2.05, 4.69) is 9.97 Å². The summed E-state index contributed by atoms with van der Waals surface area (Å²) in [5, 5.41) is 1.06. The lowest BCUT2D eigenvalue weighted by molar-refractivity contribution is 0.112. The molecule has 0 amide bonds. The fourth-order valence-corrected chi connectivity index (χ4v) is 1.95. The number of aromatic nitrogens is 2. The highest BCUT2D eigenvalue weighted by molar-refractivity contribution is 6.32. The number of furan rings is 1. The van der Waals surface area contributed by atoms with Crippen LogP contribution in [0.15, 0.2) is 41.1 Å². The highest BCUT2D eigenvalue weighted by Crippen LogP contribution is 2.29. The summed E-state index contributed by atoms with van der Waals surface area (Å²) in [6.45, 7) is 0. The van der Waals surface area contributed by atoms with Gasteiger partial charge in [-0.1, -0.05) is 29.8 Å². The van der Waals surface area contributed by atoms with Gasteiger partial charge in [-0.2, -0.15) is 0 Å². The van der Waals surface area contributed by atoms with Crippen molar-refractivity contribution >= 4 is 28.9 Å². The number of carbonyl (C=O) groups is 1. The molecular formula is C13H7ClN2O2. The number of hydrogen-bond donors (Lipinski definition) is 0. The van der Waals surface area contributed by atoms with Crippen LogP contribution in [0.25, 0.3) is 22.4 Å². The van der Waals surface area contributed by atoms with Crippen molar-refractivity contribution in [2.24, 2.45) is 0 Å². The molecule has 0 unspecified atom stereocenters. The average Bonchev–Trinajstić information content (AvgIpc) is 2.82. The molecule has 4 nitrogen and oxygen atoms in total. The van der Waals surface area contributed by atoms with Crippen LogP contribution in [0.3, 0.4) is 0 Å². The predicted octanol–water partition coefficient (Wildman–Crippen LogP) is 3.36. The van der Waals surface area contributed by atoms with Gasteiger partial charge in [-0.3, -0.25) is 4.79 Å².